The number of benzene rings is 5. The van der Waals surface area contributed by atoms with Crippen LogP contribution >= 0.6 is 0 Å². The summed E-state index contributed by atoms with van der Waals surface area (Å²) in [6, 6.07) is 27.8. The van der Waals surface area contributed by atoms with E-state index in [1.54, 1.807) is 30.3 Å². The van der Waals surface area contributed by atoms with Crippen LogP contribution in [-0.2, 0) is 0 Å². The Morgan fingerprint density at radius 1 is 0.333 bits per heavy atom. The van der Waals surface area contributed by atoms with Gasteiger partial charge in [0.25, 0.3) is 0 Å². The van der Waals surface area contributed by atoms with Crippen LogP contribution in [0, 0.1) is 69.2 Å². The van der Waals surface area contributed by atoms with Gasteiger partial charge in [-0.3, -0.25) is 0 Å². The molecule has 5 aromatic carbocycles. The Morgan fingerprint density at radius 3 is 1.27 bits per heavy atom. The van der Waals surface area contributed by atoms with Gasteiger partial charge in [-0.05, 0) is 150 Å². The molecular formula is C40H50O5. The van der Waals surface area contributed by atoms with Gasteiger partial charge >= 0.3 is 0 Å². The molecule has 0 heterocycles. The second-order valence-corrected chi connectivity index (χ2v) is 11.3. The van der Waals surface area contributed by atoms with Crippen molar-refractivity contribution in [3.63, 3.8) is 0 Å². The summed E-state index contributed by atoms with van der Waals surface area (Å²) in [5, 5.41) is 45.4. The highest BCUT2D eigenvalue weighted by atomic mass is 16.3. The van der Waals surface area contributed by atoms with Gasteiger partial charge < -0.3 is 25.5 Å². The minimum atomic E-state index is 0.345. The normalized spacial score (nSPS) is 9.56. The second kappa shape index (κ2) is 18.7. The molecule has 5 aromatic rings. The van der Waals surface area contributed by atoms with Crippen molar-refractivity contribution in [3.05, 3.63) is 147 Å². The van der Waals surface area contributed by atoms with Crippen LogP contribution < -0.4 is 0 Å². The van der Waals surface area contributed by atoms with E-state index in [-0.39, 0.29) is 0 Å². The Balaban J connectivity index is 0.000000281. The zero-order chi connectivity index (χ0) is 34.3. The smallest absolute Gasteiger partial charge is 0.121 e. The number of phenolic OH excluding ortho intramolecular Hbond substituents is 5. The first-order chi connectivity index (χ1) is 21.0. The lowest BCUT2D eigenvalue weighted by atomic mass is 10.1. The molecule has 5 rings (SSSR count). The van der Waals surface area contributed by atoms with Crippen LogP contribution in [0.3, 0.4) is 0 Å². The van der Waals surface area contributed by atoms with E-state index in [0.29, 0.717) is 28.7 Å². The van der Waals surface area contributed by atoms with E-state index in [9.17, 15) is 5.11 Å². The first kappa shape index (κ1) is 38.1. The molecule has 0 unspecified atom stereocenters. The number of hydrogen-bond donors (Lipinski definition) is 5. The van der Waals surface area contributed by atoms with Gasteiger partial charge in [-0.25, -0.2) is 0 Å². The highest BCUT2D eigenvalue weighted by Gasteiger charge is 1.96. The van der Waals surface area contributed by atoms with Gasteiger partial charge in [-0.15, -0.1) is 0 Å². The lowest BCUT2D eigenvalue weighted by Crippen LogP contribution is -1.78. The summed E-state index contributed by atoms with van der Waals surface area (Å²) in [4.78, 5) is 0. The summed E-state index contributed by atoms with van der Waals surface area (Å²) in [5.74, 6) is 1.90. The molecule has 240 valence electrons. The maximum absolute atomic E-state index is 9.21. The van der Waals surface area contributed by atoms with Gasteiger partial charge in [-0.2, -0.15) is 0 Å². The highest BCUT2D eigenvalue weighted by Crippen LogP contribution is 2.20. The predicted molar refractivity (Wildman–Crippen MR) is 188 cm³/mol. The first-order valence-corrected chi connectivity index (χ1v) is 14.8. The fourth-order valence-corrected chi connectivity index (χ4v) is 3.79. The van der Waals surface area contributed by atoms with E-state index in [1.165, 1.54) is 11.1 Å². The molecule has 0 spiro atoms. The number of aryl methyl sites for hydroxylation is 9. The van der Waals surface area contributed by atoms with E-state index in [0.717, 1.165) is 44.5 Å². The fraction of sp³-hybridized carbons (Fsp3) is 0.250. The van der Waals surface area contributed by atoms with E-state index >= 15 is 0 Å². The van der Waals surface area contributed by atoms with Crippen LogP contribution in [0.5, 0.6) is 28.7 Å². The molecule has 0 saturated carbocycles. The molecule has 0 radical (unpaired) electrons. The van der Waals surface area contributed by atoms with Crippen molar-refractivity contribution in [2.75, 3.05) is 0 Å². The average molecular weight is 611 g/mol. The largest absolute Gasteiger partial charge is 0.508 e. The van der Waals surface area contributed by atoms with Crippen molar-refractivity contribution in [3.8, 4) is 28.7 Å². The molecule has 5 nitrogen and oxygen atoms in total. The molecule has 0 aliphatic heterocycles. The molecule has 0 amide bonds. The Bertz CT molecular complexity index is 1450. The summed E-state index contributed by atoms with van der Waals surface area (Å²) in [6.07, 6.45) is 0. The van der Waals surface area contributed by atoms with Crippen LogP contribution in [0.15, 0.2) is 91.0 Å². The molecule has 0 fully saturated rings. The van der Waals surface area contributed by atoms with Crippen molar-refractivity contribution in [1.29, 1.82) is 0 Å². The standard InChI is InChI=1S/5C8H10O/c1-6-3-4-8(9)5-7(6)2;1-6-3-4-8(9)7(2)5-6;1-6-3-4-7(2)8(9)5-6;1-6-4-3-5-8(9)7(6)2;1-6-4-3-5-7(2)8(6)9/h5*3-5,9H,1-2H3. The van der Waals surface area contributed by atoms with Crippen LogP contribution in [0.1, 0.15) is 55.6 Å². The molecule has 0 aromatic heterocycles. The summed E-state index contributed by atoms with van der Waals surface area (Å²) in [5.41, 5.74) is 10.5. The highest BCUT2D eigenvalue weighted by molar-refractivity contribution is 5.39. The number of para-hydroxylation sites is 1. The Kier molecular flexibility index (Phi) is 15.8. The maximum atomic E-state index is 9.21. The van der Waals surface area contributed by atoms with Crippen molar-refractivity contribution in [2.24, 2.45) is 0 Å². The average Bonchev–Trinajstić information content (AvgIpc) is 2.98. The van der Waals surface area contributed by atoms with Gasteiger partial charge in [-0.1, -0.05) is 66.2 Å². The molecule has 0 bridgehead atoms. The van der Waals surface area contributed by atoms with Crippen molar-refractivity contribution in [1.82, 2.24) is 0 Å². The Morgan fingerprint density at radius 2 is 0.844 bits per heavy atom. The summed E-state index contributed by atoms with van der Waals surface area (Å²) >= 11 is 0. The summed E-state index contributed by atoms with van der Waals surface area (Å²) < 4.78 is 0. The summed E-state index contributed by atoms with van der Waals surface area (Å²) in [6.45, 7) is 19.4. The van der Waals surface area contributed by atoms with E-state index in [2.05, 4.69) is 0 Å². The lowest BCUT2D eigenvalue weighted by Gasteiger charge is -1.99. The van der Waals surface area contributed by atoms with Gasteiger partial charge in [0.05, 0.1) is 0 Å². The van der Waals surface area contributed by atoms with Crippen LogP contribution in [0.2, 0.25) is 0 Å². The van der Waals surface area contributed by atoms with Crippen LogP contribution in [0.4, 0.5) is 0 Å². The van der Waals surface area contributed by atoms with E-state index in [1.807, 2.05) is 130 Å². The molecule has 0 atom stereocenters. The zero-order valence-electron chi connectivity index (χ0n) is 28.4. The minimum Gasteiger partial charge on any atom is -0.508 e. The zero-order valence-corrected chi connectivity index (χ0v) is 28.4. The third-order valence-electron chi connectivity index (χ3n) is 7.22. The van der Waals surface area contributed by atoms with Gasteiger partial charge in [0.2, 0.25) is 0 Å². The van der Waals surface area contributed by atoms with E-state index < -0.39 is 0 Å². The molecule has 0 saturated heterocycles. The SMILES string of the molecule is Cc1ccc(C)c(O)c1.Cc1ccc(O)c(C)c1.Cc1ccc(O)cc1C.Cc1cccc(C)c1O.Cc1cccc(O)c1C. The fourth-order valence-electron chi connectivity index (χ4n) is 3.79. The maximum Gasteiger partial charge on any atom is 0.121 e. The van der Waals surface area contributed by atoms with Gasteiger partial charge in [0.1, 0.15) is 28.7 Å². The summed E-state index contributed by atoms with van der Waals surface area (Å²) in [7, 11) is 0. The molecule has 45 heavy (non-hydrogen) atoms. The number of rotatable bonds is 0. The molecule has 0 aliphatic carbocycles. The molecular weight excluding hydrogens is 560 g/mol. The quantitative estimate of drug-likeness (QED) is 0.120. The van der Waals surface area contributed by atoms with Crippen molar-refractivity contribution in [2.45, 2.75) is 69.2 Å². The third-order valence-corrected chi connectivity index (χ3v) is 7.22. The second-order valence-electron chi connectivity index (χ2n) is 11.3. The Labute approximate surface area is 269 Å². The van der Waals surface area contributed by atoms with Crippen LogP contribution in [-0.4, -0.2) is 25.5 Å². The monoisotopic (exact) mass is 610 g/mol. The van der Waals surface area contributed by atoms with Crippen LogP contribution in [0.25, 0.3) is 0 Å². The first-order valence-electron chi connectivity index (χ1n) is 14.8. The molecule has 5 N–H and O–H groups in total. The Hall–Kier alpha value is -4.90. The number of aromatic hydroxyl groups is 5. The predicted octanol–water partition coefficient (Wildman–Crippen LogP) is 10.0. The van der Waals surface area contributed by atoms with Gasteiger partial charge in [0, 0.05) is 0 Å². The minimum absolute atomic E-state index is 0.345. The van der Waals surface area contributed by atoms with Gasteiger partial charge in [0.15, 0.2) is 0 Å². The number of hydrogen-bond acceptors (Lipinski definition) is 5. The topological polar surface area (TPSA) is 101 Å². The third kappa shape index (κ3) is 14.0. The lowest BCUT2D eigenvalue weighted by molar-refractivity contribution is 0.467. The molecule has 0 aliphatic rings. The van der Waals surface area contributed by atoms with Crippen molar-refractivity contribution < 1.29 is 25.5 Å². The van der Waals surface area contributed by atoms with Crippen molar-refractivity contribution >= 4 is 0 Å². The van der Waals surface area contributed by atoms with E-state index in [4.69, 9.17) is 20.4 Å². The number of phenols is 5. The molecule has 5 heteroatoms.